The van der Waals surface area contributed by atoms with Gasteiger partial charge in [-0.15, -0.1) is 0 Å². The van der Waals surface area contributed by atoms with Gasteiger partial charge in [0.2, 0.25) is 0 Å². The summed E-state index contributed by atoms with van der Waals surface area (Å²) in [4.78, 5) is 10.6. The first-order chi connectivity index (χ1) is 5.25. The lowest BCUT2D eigenvalue weighted by atomic mass is 10.1. The normalized spacial score (nSPS) is 47.0. The number of carboxylic acid groups (broad SMARTS) is 1. The summed E-state index contributed by atoms with van der Waals surface area (Å²) < 4.78 is 0. The Balaban J connectivity index is 2.01. The molecule has 0 heterocycles. The number of hydrogen-bond donors (Lipinski definition) is 1. The highest BCUT2D eigenvalue weighted by Crippen LogP contribution is 2.60. The fraction of sp³-hybridized carbons (Fsp3) is 0.875. The van der Waals surface area contributed by atoms with Gasteiger partial charge in [-0.2, -0.15) is 11.8 Å². The summed E-state index contributed by atoms with van der Waals surface area (Å²) >= 11 is 1.84. The molecule has 0 saturated heterocycles. The van der Waals surface area contributed by atoms with Crippen molar-refractivity contribution >= 4 is 17.7 Å². The van der Waals surface area contributed by atoms with Gasteiger partial charge in [0.15, 0.2) is 0 Å². The second-order valence-electron chi connectivity index (χ2n) is 3.46. The molecule has 2 fully saturated rings. The number of carbonyl (C=O) groups is 1. The van der Waals surface area contributed by atoms with E-state index in [-0.39, 0.29) is 5.92 Å². The van der Waals surface area contributed by atoms with E-state index in [1.807, 2.05) is 11.8 Å². The summed E-state index contributed by atoms with van der Waals surface area (Å²) in [6.45, 7) is 0. The van der Waals surface area contributed by atoms with Crippen molar-refractivity contribution < 1.29 is 9.90 Å². The van der Waals surface area contributed by atoms with E-state index >= 15 is 0 Å². The molecule has 0 aromatic rings. The molecule has 2 aliphatic carbocycles. The molecule has 2 nitrogen and oxygen atoms in total. The van der Waals surface area contributed by atoms with E-state index in [1.165, 1.54) is 6.42 Å². The summed E-state index contributed by atoms with van der Waals surface area (Å²) in [5.41, 5.74) is 0. The van der Waals surface area contributed by atoms with Gasteiger partial charge in [-0.25, -0.2) is 0 Å². The molecule has 0 aromatic heterocycles. The van der Waals surface area contributed by atoms with Gasteiger partial charge in [0.05, 0.1) is 5.92 Å². The zero-order valence-corrected chi connectivity index (χ0v) is 7.30. The summed E-state index contributed by atoms with van der Waals surface area (Å²) in [6.07, 6.45) is 4.47. The molecule has 0 aliphatic heterocycles. The molecular weight excluding hydrogens is 160 g/mol. The Labute approximate surface area is 70.4 Å². The third kappa shape index (κ3) is 0.975. The van der Waals surface area contributed by atoms with Crippen LogP contribution in [0.15, 0.2) is 0 Å². The van der Waals surface area contributed by atoms with Gasteiger partial charge in [0.1, 0.15) is 0 Å². The first-order valence-electron chi connectivity index (χ1n) is 4.01. The number of thioether (sulfide) groups is 1. The Morgan fingerprint density at radius 3 is 2.73 bits per heavy atom. The Hall–Kier alpha value is -0.180. The molecule has 1 N–H and O–H groups in total. The third-order valence-electron chi connectivity index (χ3n) is 3.03. The zero-order chi connectivity index (χ0) is 8.01. The minimum atomic E-state index is -0.571. The van der Waals surface area contributed by atoms with E-state index in [1.54, 1.807) is 0 Å². The molecule has 2 rings (SSSR count). The topological polar surface area (TPSA) is 37.3 Å². The summed E-state index contributed by atoms with van der Waals surface area (Å²) in [5.74, 6) is 0.493. The predicted molar refractivity (Wildman–Crippen MR) is 44.6 cm³/mol. The average Bonchev–Trinajstić information content (AvgIpc) is 2.55. The second-order valence-corrected chi connectivity index (χ2v) is 4.53. The standard InChI is InChI=1S/C8H12O2S/c1-11-5-3-2-4-6(5)7(4)8(9)10/h4-7H,2-3H2,1H3,(H,9,10). The van der Waals surface area contributed by atoms with Crippen molar-refractivity contribution in [2.24, 2.45) is 17.8 Å². The molecule has 2 saturated carbocycles. The van der Waals surface area contributed by atoms with Gasteiger partial charge in [0.25, 0.3) is 0 Å². The number of aliphatic carboxylic acids is 1. The molecule has 11 heavy (non-hydrogen) atoms. The van der Waals surface area contributed by atoms with Gasteiger partial charge in [-0.3, -0.25) is 4.79 Å². The fourth-order valence-corrected chi connectivity index (χ4v) is 3.51. The van der Waals surface area contributed by atoms with Crippen molar-refractivity contribution in [2.75, 3.05) is 6.26 Å². The van der Waals surface area contributed by atoms with Crippen LogP contribution < -0.4 is 0 Å². The smallest absolute Gasteiger partial charge is 0.307 e. The maximum Gasteiger partial charge on any atom is 0.307 e. The minimum Gasteiger partial charge on any atom is -0.481 e. The van der Waals surface area contributed by atoms with Gasteiger partial charge < -0.3 is 5.11 Å². The van der Waals surface area contributed by atoms with Gasteiger partial charge in [-0.05, 0) is 30.9 Å². The van der Waals surface area contributed by atoms with Crippen LogP contribution in [-0.4, -0.2) is 22.6 Å². The number of hydrogen-bond acceptors (Lipinski definition) is 2. The molecule has 3 heteroatoms. The lowest BCUT2D eigenvalue weighted by Crippen LogP contribution is -2.10. The van der Waals surface area contributed by atoms with Crippen LogP contribution in [-0.2, 0) is 4.79 Å². The molecule has 4 atom stereocenters. The zero-order valence-electron chi connectivity index (χ0n) is 6.49. The molecule has 0 radical (unpaired) electrons. The molecular formula is C8H12O2S. The van der Waals surface area contributed by atoms with E-state index in [4.69, 9.17) is 5.11 Å². The minimum absolute atomic E-state index is 0.0150. The Bertz CT molecular complexity index is 193. The van der Waals surface area contributed by atoms with Crippen molar-refractivity contribution in [3.63, 3.8) is 0 Å². The van der Waals surface area contributed by atoms with E-state index in [0.717, 1.165) is 6.42 Å². The number of rotatable bonds is 2. The molecule has 0 spiro atoms. The largest absolute Gasteiger partial charge is 0.481 e. The maximum absolute atomic E-state index is 10.6. The van der Waals surface area contributed by atoms with Crippen molar-refractivity contribution in [2.45, 2.75) is 18.1 Å². The quantitative estimate of drug-likeness (QED) is 0.685. The molecule has 0 aromatic carbocycles. The third-order valence-corrected chi connectivity index (χ3v) is 4.19. The number of fused-ring (bicyclic) bond motifs is 1. The maximum atomic E-state index is 10.6. The predicted octanol–water partition coefficient (Wildman–Crippen LogP) is 1.46. The van der Waals surface area contributed by atoms with Crippen LogP contribution in [0, 0.1) is 17.8 Å². The van der Waals surface area contributed by atoms with Gasteiger partial charge >= 0.3 is 5.97 Å². The van der Waals surface area contributed by atoms with E-state index in [0.29, 0.717) is 17.1 Å². The molecule has 4 unspecified atom stereocenters. The van der Waals surface area contributed by atoms with Crippen LogP contribution in [0.25, 0.3) is 0 Å². The monoisotopic (exact) mass is 172 g/mol. The summed E-state index contributed by atoms with van der Waals surface area (Å²) in [6, 6.07) is 0. The fourth-order valence-electron chi connectivity index (χ4n) is 2.45. The Morgan fingerprint density at radius 1 is 1.55 bits per heavy atom. The van der Waals surface area contributed by atoms with Gasteiger partial charge in [-0.1, -0.05) is 0 Å². The first kappa shape index (κ1) is 7.47. The van der Waals surface area contributed by atoms with Crippen LogP contribution >= 0.6 is 11.8 Å². The van der Waals surface area contributed by atoms with Crippen molar-refractivity contribution in [1.82, 2.24) is 0 Å². The van der Waals surface area contributed by atoms with Crippen LogP contribution in [0.5, 0.6) is 0 Å². The van der Waals surface area contributed by atoms with Crippen LogP contribution in [0.3, 0.4) is 0 Å². The van der Waals surface area contributed by atoms with Gasteiger partial charge in [0, 0.05) is 5.25 Å². The summed E-state index contributed by atoms with van der Waals surface area (Å²) in [5, 5.41) is 9.40. The van der Waals surface area contributed by atoms with E-state index in [9.17, 15) is 4.79 Å². The van der Waals surface area contributed by atoms with Crippen molar-refractivity contribution in [3.8, 4) is 0 Å². The lowest BCUT2D eigenvalue weighted by molar-refractivity contribution is -0.139. The van der Waals surface area contributed by atoms with Crippen LogP contribution in [0.1, 0.15) is 12.8 Å². The van der Waals surface area contributed by atoms with E-state index < -0.39 is 5.97 Å². The summed E-state index contributed by atoms with van der Waals surface area (Å²) in [7, 11) is 0. The molecule has 0 bridgehead atoms. The molecule has 0 amide bonds. The van der Waals surface area contributed by atoms with Crippen LogP contribution in [0.4, 0.5) is 0 Å². The van der Waals surface area contributed by atoms with Crippen LogP contribution in [0.2, 0.25) is 0 Å². The highest BCUT2D eigenvalue weighted by molar-refractivity contribution is 7.99. The SMILES string of the molecule is CSC1CCC2C(C(=O)O)C12. The van der Waals surface area contributed by atoms with Crippen molar-refractivity contribution in [3.05, 3.63) is 0 Å². The Kier molecular flexibility index (Phi) is 1.63. The highest BCUT2D eigenvalue weighted by atomic mass is 32.2. The molecule has 2 aliphatic rings. The van der Waals surface area contributed by atoms with E-state index in [2.05, 4.69) is 6.26 Å². The highest BCUT2D eigenvalue weighted by Gasteiger charge is 2.61. The average molecular weight is 172 g/mol. The second kappa shape index (κ2) is 2.41. The molecule has 62 valence electrons. The Morgan fingerprint density at radius 2 is 2.27 bits per heavy atom. The van der Waals surface area contributed by atoms with Crippen molar-refractivity contribution in [1.29, 1.82) is 0 Å². The first-order valence-corrected chi connectivity index (χ1v) is 5.30. The number of carboxylic acids is 1. The lowest BCUT2D eigenvalue weighted by Gasteiger charge is -2.08.